The average molecular weight is 380 g/mol. The van der Waals surface area contributed by atoms with E-state index in [1.54, 1.807) is 4.90 Å². The summed E-state index contributed by atoms with van der Waals surface area (Å²) in [6.45, 7) is 5.24. The van der Waals surface area contributed by atoms with Gasteiger partial charge in [-0.15, -0.1) is 0 Å². The molecule has 2 aromatic rings. The van der Waals surface area contributed by atoms with Crippen molar-refractivity contribution >= 4 is 6.03 Å². The van der Waals surface area contributed by atoms with Crippen molar-refractivity contribution in [3.8, 4) is 5.75 Å². The number of rotatable bonds is 6. The zero-order valence-corrected chi connectivity index (χ0v) is 16.6. The normalized spacial score (nSPS) is 15.9. The Morgan fingerprint density at radius 2 is 1.93 bits per heavy atom. The van der Waals surface area contributed by atoms with Crippen LogP contribution in [0.5, 0.6) is 5.75 Å². The van der Waals surface area contributed by atoms with Crippen LogP contribution in [-0.4, -0.2) is 42.6 Å². The molecule has 2 aliphatic rings. The Bertz CT molecular complexity index is 830. The lowest BCUT2D eigenvalue weighted by Gasteiger charge is -2.22. The third-order valence-corrected chi connectivity index (χ3v) is 5.66. The van der Waals surface area contributed by atoms with Crippen LogP contribution >= 0.6 is 0 Å². The molecule has 0 aromatic heterocycles. The molecule has 2 amide bonds. The number of benzene rings is 2. The molecule has 1 N–H and O–H groups in total. The van der Waals surface area contributed by atoms with Crippen LogP contribution < -0.4 is 10.1 Å². The number of hydrogen-bond donors (Lipinski definition) is 1. The van der Waals surface area contributed by atoms with Crippen LogP contribution in [0.3, 0.4) is 0 Å². The van der Waals surface area contributed by atoms with Gasteiger partial charge in [0.05, 0.1) is 6.61 Å². The second-order valence-corrected chi connectivity index (χ2v) is 7.81. The minimum absolute atomic E-state index is 0.0484. The molecule has 5 heteroatoms. The Morgan fingerprint density at radius 1 is 1.14 bits per heavy atom. The first kappa shape index (κ1) is 18.8. The molecule has 0 unspecified atom stereocenters. The second-order valence-electron chi connectivity index (χ2n) is 7.81. The summed E-state index contributed by atoms with van der Waals surface area (Å²) in [5.41, 5.74) is 4.89. The SMILES string of the molecule is CN(Cc1ccccc1CN1CCCC1)C(=O)NCc1ccc2c(c1)CCO2. The van der Waals surface area contributed by atoms with E-state index in [0.29, 0.717) is 13.1 Å². The van der Waals surface area contributed by atoms with E-state index in [4.69, 9.17) is 4.74 Å². The van der Waals surface area contributed by atoms with E-state index < -0.39 is 0 Å². The number of hydrogen-bond acceptors (Lipinski definition) is 3. The van der Waals surface area contributed by atoms with Gasteiger partial charge < -0.3 is 15.0 Å². The van der Waals surface area contributed by atoms with Gasteiger partial charge in [-0.05, 0) is 54.3 Å². The number of nitrogens with one attached hydrogen (secondary N) is 1. The van der Waals surface area contributed by atoms with Gasteiger partial charge in [-0.1, -0.05) is 36.4 Å². The van der Waals surface area contributed by atoms with Crippen LogP contribution in [0.15, 0.2) is 42.5 Å². The lowest BCUT2D eigenvalue weighted by atomic mass is 10.1. The number of ether oxygens (including phenoxy) is 1. The monoisotopic (exact) mass is 379 g/mol. The number of carbonyl (C=O) groups excluding carboxylic acids is 1. The van der Waals surface area contributed by atoms with E-state index in [-0.39, 0.29) is 6.03 Å². The van der Waals surface area contributed by atoms with Gasteiger partial charge in [-0.3, -0.25) is 4.90 Å². The highest BCUT2D eigenvalue weighted by Crippen LogP contribution is 2.25. The van der Waals surface area contributed by atoms with Gasteiger partial charge in [-0.2, -0.15) is 0 Å². The third kappa shape index (κ3) is 4.47. The summed E-state index contributed by atoms with van der Waals surface area (Å²) < 4.78 is 5.54. The fourth-order valence-electron chi connectivity index (χ4n) is 4.04. The zero-order chi connectivity index (χ0) is 19.3. The van der Waals surface area contributed by atoms with Crippen molar-refractivity contribution in [1.29, 1.82) is 0 Å². The quantitative estimate of drug-likeness (QED) is 0.835. The number of amides is 2. The van der Waals surface area contributed by atoms with Crippen molar-refractivity contribution in [3.05, 3.63) is 64.7 Å². The first-order chi connectivity index (χ1) is 13.7. The maximum atomic E-state index is 12.6. The number of carbonyl (C=O) groups is 1. The standard InChI is InChI=1S/C23H29N3O2/c1-25(16-20-6-2-3-7-21(20)17-26-11-4-5-12-26)23(27)24-15-18-8-9-22-19(14-18)10-13-28-22/h2-3,6-9,14H,4-5,10-13,15-17H2,1H3,(H,24,27). The van der Waals surface area contributed by atoms with Crippen molar-refractivity contribution in [2.75, 3.05) is 26.7 Å². The van der Waals surface area contributed by atoms with Gasteiger partial charge in [0.1, 0.15) is 5.75 Å². The highest BCUT2D eigenvalue weighted by atomic mass is 16.5. The maximum Gasteiger partial charge on any atom is 0.317 e. The number of likely N-dealkylation sites (tertiary alicyclic amines) is 1. The Hall–Kier alpha value is -2.53. The van der Waals surface area contributed by atoms with Crippen molar-refractivity contribution in [2.24, 2.45) is 0 Å². The van der Waals surface area contributed by atoms with E-state index in [2.05, 4.69) is 40.5 Å². The second kappa shape index (κ2) is 8.65. The van der Waals surface area contributed by atoms with Crippen LogP contribution in [0.2, 0.25) is 0 Å². The fourth-order valence-corrected chi connectivity index (χ4v) is 4.04. The molecule has 1 fully saturated rings. The van der Waals surface area contributed by atoms with E-state index >= 15 is 0 Å². The molecule has 0 aliphatic carbocycles. The van der Waals surface area contributed by atoms with Gasteiger partial charge in [0.2, 0.25) is 0 Å². The molecule has 0 radical (unpaired) electrons. The number of urea groups is 1. The van der Waals surface area contributed by atoms with Crippen LogP contribution in [0.1, 0.15) is 35.1 Å². The van der Waals surface area contributed by atoms with E-state index in [1.807, 2.05) is 19.2 Å². The third-order valence-electron chi connectivity index (χ3n) is 5.66. The lowest BCUT2D eigenvalue weighted by Crippen LogP contribution is -2.36. The van der Waals surface area contributed by atoms with Gasteiger partial charge in [0.15, 0.2) is 0 Å². The summed E-state index contributed by atoms with van der Waals surface area (Å²) in [5.74, 6) is 0.974. The van der Waals surface area contributed by atoms with Gasteiger partial charge >= 0.3 is 6.03 Å². The van der Waals surface area contributed by atoms with Crippen LogP contribution in [0, 0.1) is 0 Å². The lowest BCUT2D eigenvalue weighted by molar-refractivity contribution is 0.206. The van der Waals surface area contributed by atoms with E-state index in [9.17, 15) is 4.79 Å². The number of fused-ring (bicyclic) bond motifs is 1. The molecule has 2 aliphatic heterocycles. The summed E-state index contributed by atoms with van der Waals surface area (Å²) in [4.78, 5) is 16.8. The minimum Gasteiger partial charge on any atom is -0.493 e. The molecule has 4 rings (SSSR count). The molecular formula is C23H29N3O2. The molecule has 1 saturated heterocycles. The summed E-state index contributed by atoms with van der Waals surface area (Å²) >= 11 is 0. The summed E-state index contributed by atoms with van der Waals surface area (Å²) in [6, 6.07) is 14.6. The Kier molecular flexibility index (Phi) is 5.81. The highest BCUT2D eigenvalue weighted by molar-refractivity contribution is 5.73. The molecule has 0 saturated carbocycles. The predicted octanol–water partition coefficient (Wildman–Crippen LogP) is 3.56. The van der Waals surface area contributed by atoms with Crippen molar-refractivity contribution in [3.63, 3.8) is 0 Å². The summed E-state index contributed by atoms with van der Waals surface area (Å²) in [6.07, 6.45) is 3.53. The van der Waals surface area contributed by atoms with Crippen molar-refractivity contribution in [1.82, 2.24) is 15.1 Å². The van der Waals surface area contributed by atoms with Gasteiger partial charge in [0.25, 0.3) is 0 Å². The molecule has 0 atom stereocenters. The Morgan fingerprint density at radius 3 is 2.75 bits per heavy atom. The molecule has 2 aromatic carbocycles. The molecule has 0 spiro atoms. The van der Waals surface area contributed by atoms with Crippen molar-refractivity contribution < 1.29 is 9.53 Å². The fraction of sp³-hybridized carbons (Fsp3) is 0.435. The molecule has 148 valence electrons. The zero-order valence-electron chi connectivity index (χ0n) is 16.6. The van der Waals surface area contributed by atoms with E-state index in [1.165, 1.54) is 42.6 Å². The van der Waals surface area contributed by atoms with Gasteiger partial charge in [-0.25, -0.2) is 4.79 Å². The summed E-state index contributed by atoms with van der Waals surface area (Å²) in [5, 5.41) is 3.04. The average Bonchev–Trinajstić information content (AvgIpc) is 3.38. The smallest absolute Gasteiger partial charge is 0.317 e. The van der Waals surface area contributed by atoms with Gasteiger partial charge in [0, 0.05) is 33.1 Å². The Labute approximate surface area is 167 Å². The number of nitrogens with zero attached hydrogens (tertiary/aromatic N) is 2. The Balaban J connectivity index is 1.33. The molecule has 28 heavy (non-hydrogen) atoms. The molecule has 2 heterocycles. The van der Waals surface area contributed by atoms with Crippen molar-refractivity contribution in [2.45, 2.75) is 38.9 Å². The summed E-state index contributed by atoms with van der Waals surface area (Å²) in [7, 11) is 1.86. The minimum atomic E-state index is -0.0484. The molecule has 0 bridgehead atoms. The first-order valence-electron chi connectivity index (χ1n) is 10.2. The highest BCUT2D eigenvalue weighted by Gasteiger charge is 2.16. The predicted molar refractivity (Wildman–Crippen MR) is 110 cm³/mol. The molecular weight excluding hydrogens is 350 g/mol. The van der Waals surface area contributed by atoms with Crippen LogP contribution in [0.25, 0.3) is 0 Å². The van der Waals surface area contributed by atoms with Crippen LogP contribution in [0.4, 0.5) is 4.79 Å². The molecule has 5 nitrogen and oxygen atoms in total. The maximum absolute atomic E-state index is 12.6. The van der Waals surface area contributed by atoms with Crippen LogP contribution in [-0.2, 0) is 26.1 Å². The van der Waals surface area contributed by atoms with E-state index in [0.717, 1.165) is 30.9 Å². The largest absolute Gasteiger partial charge is 0.493 e. The first-order valence-corrected chi connectivity index (χ1v) is 10.2. The topological polar surface area (TPSA) is 44.8 Å².